The first-order chi connectivity index (χ1) is 10.1. The lowest BCUT2D eigenvalue weighted by atomic mass is 10.0. The molecule has 1 aromatic heterocycles. The number of carbonyl (C=O) groups excluding carboxylic acids is 1. The average Bonchev–Trinajstić information content (AvgIpc) is 3.03. The number of thiazole rings is 1. The summed E-state index contributed by atoms with van der Waals surface area (Å²) in [6.45, 7) is 0. The predicted octanol–water partition coefficient (Wildman–Crippen LogP) is 4.35. The first-order valence-corrected chi connectivity index (χ1v) is 8.01. The van der Waals surface area contributed by atoms with Crippen LogP contribution in [0.1, 0.15) is 16.5 Å². The molecule has 0 amide bonds. The van der Waals surface area contributed by atoms with Crippen LogP contribution in [0, 0.1) is 11.2 Å². The maximum Gasteiger partial charge on any atom is 0.186 e. The van der Waals surface area contributed by atoms with Crippen molar-refractivity contribution >= 4 is 51.6 Å². The first-order valence-electron chi connectivity index (χ1n) is 5.93. The van der Waals surface area contributed by atoms with E-state index in [1.54, 1.807) is 17.6 Å². The molecule has 0 aliphatic carbocycles. The number of hydrogen-bond acceptors (Lipinski definition) is 5. The van der Waals surface area contributed by atoms with Crippen LogP contribution in [0.2, 0.25) is 5.02 Å². The van der Waals surface area contributed by atoms with Crippen LogP contribution >= 0.6 is 34.7 Å². The molecule has 0 bridgehead atoms. The van der Waals surface area contributed by atoms with Crippen molar-refractivity contribution < 1.29 is 9.18 Å². The smallest absolute Gasteiger partial charge is 0.186 e. The third-order valence-corrected chi connectivity index (χ3v) is 5.13. The number of allylic oxidation sites excluding steroid dienone is 1. The largest absolute Gasteiger partial charge is 0.297 e. The highest BCUT2D eigenvalue weighted by Crippen LogP contribution is 2.41. The van der Waals surface area contributed by atoms with Gasteiger partial charge in [-0.15, -0.1) is 11.3 Å². The molecule has 1 fully saturated rings. The van der Waals surface area contributed by atoms with Crippen LogP contribution in [-0.4, -0.2) is 15.8 Å². The topological polar surface area (TPSA) is 53.8 Å². The summed E-state index contributed by atoms with van der Waals surface area (Å²) in [5, 5.41) is 10.7. The van der Waals surface area contributed by atoms with Gasteiger partial charge in [0.05, 0.1) is 15.0 Å². The molecule has 3 rings (SSSR count). The SMILES string of the molecule is N=C1S/C(=C\c2c(F)cccc2Cl)C(=O)[C@@H]1c1nccs1. The van der Waals surface area contributed by atoms with E-state index in [9.17, 15) is 9.18 Å². The Balaban J connectivity index is 2.00. The third-order valence-electron chi connectivity index (χ3n) is 2.96. The van der Waals surface area contributed by atoms with Gasteiger partial charge in [0.25, 0.3) is 0 Å². The molecule has 1 aromatic carbocycles. The van der Waals surface area contributed by atoms with Crippen molar-refractivity contribution in [1.29, 1.82) is 5.41 Å². The highest BCUT2D eigenvalue weighted by atomic mass is 35.5. The zero-order valence-corrected chi connectivity index (χ0v) is 12.9. The molecule has 21 heavy (non-hydrogen) atoms. The van der Waals surface area contributed by atoms with Crippen LogP contribution < -0.4 is 0 Å². The lowest BCUT2D eigenvalue weighted by molar-refractivity contribution is -0.114. The quantitative estimate of drug-likeness (QED) is 0.828. The van der Waals surface area contributed by atoms with Crippen molar-refractivity contribution in [1.82, 2.24) is 4.98 Å². The van der Waals surface area contributed by atoms with E-state index in [0.29, 0.717) is 9.91 Å². The Kier molecular flexibility index (Phi) is 3.93. The summed E-state index contributed by atoms with van der Waals surface area (Å²) >= 11 is 8.32. The van der Waals surface area contributed by atoms with Gasteiger partial charge in [0, 0.05) is 17.1 Å². The lowest BCUT2D eigenvalue weighted by Gasteiger charge is -2.02. The van der Waals surface area contributed by atoms with E-state index in [2.05, 4.69) is 4.98 Å². The fourth-order valence-electron chi connectivity index (χ4n) is 1.97. The zero-order chi connectivity index (χ0) is 15.0. The maximum atomic E-state index is 13.8. The van der Waals surface area contributed by atoms with Gasteiger partial charge in [-0.25, -0.2) is 9.37 Å². The van der Waals surface area contributed by atoms with Crippen molar-refractivity contribution in [3.8, 4) is 0 Å². The number of aromatic nitrogens is 1. The summed E-state index contributed by atoms with van der Waals surface area (Å²) in [5.41, 5.74) is 0.169. The number of carbonyl (C=O) groups is 1. The standard InChI is InChI=1S/C14H8ClFN2OS2/c15-8-2-1-3-9(16)7(8)6-10-12(19)11(13(17)21-10)14-18-4-5-20-14/h1-6,11,17H/b10-6-,17-13?/t11-/m0/s1. The van der Waals surface area contributed by atoms with Crippen molar-refractivity contribution in [2.45, 2.75) is 5.92 Å². The summed E-state index contributed by atoms with van der Waals surface area (Å²) < 4.78 is 13.8. The molecule has 1 atom stereocenters. The Labute approximate surface area is 133 Å². The van der Waals surface area contributed by atoms with E-state index < -0.39 is 11.7 Å². The number of hydrogen-bond donors (Lipinski definition) is 1. The van der Waals surface area contributed by atoms with Crippen molar-refractivity contribution in [2.24, 2.45) is 0 Å². The molecule has 2 heterocycles. The number of ketones is 1. The van der Waals surface area contributed by atoms with Gasteiger partial charge in [-0.3, -0.25) is 10.2 Å². The molecule has 1 saturated heterocycles. The minimum absolute atomic E-state index is 0.169. The fourth-order valence-corrected chi connectivity index (χ4v) is 3.98. The van der Waals surface area contributed by atoms with Crippen LogP contribution in [0.4, 0.5) is 4.39 Å². The summed E-state index contributed by atoms with van der Waals surface area (Å²) in [6, 6.07) is 4.35. The minimum atomic E-state index is -0.674. The van der Waals surface area contributed by atoms with Gasteiger partial charge in [-0.2, -0.15) is 0 Å². The van der Waals surface area contributed by atoms with Gasteiger partial charge in [0.15, 0.2) is 5.78 Å². The maximum absolute atomic E-state index is 13.8. The van der Waals surface area contributed by atoms with Crippen LogP contribution in [-0.2, 0) is 4.79 Å². The highest BCUT2D eigenvalue weighted by Gasteiger charge is 2.38. The number of nitrogens with one attached hydrogen (secondary N) is 1. The Hall–Kier alpha value is -1.50. The van der Waals surface area contributed by atoms with E-state index in [1.165, 1.54) is 29.5 Å². The predicted molar refractivity (Wildman–Crippen MR) is 84.6 cm³/mol. The van der Waals surface area contributed by atoms with Crippen molar-refractivity contribution in [3.05, 3.63) is 56.1 Å². The molecule has 106 valence electrons. The number of rotatable bonds is 2. The Morgan fingerprint density at radius 1 is 1.43 bits per heavy atom. The second-order valence-corrected chi connectivity index (χ2v) is 6.69. The number of nitrogens with zero attached hydrogens (tertiary/aromatic N) is 1. The Morgan fingerprint density at radius 2 is 2.24 bits per heavy atom. The van der Waals surface area contributed by atoms with E-state index >= 15 is 0 Å². The molecule has 1 aliphatic heterocycles. The number of thioether (sulfide) groups is 1. The van der Waals surface area contributed by atoms with E-state index in [4.69, 9.17) is 17.0 Å². The number of halogens is 2. The Bertz CT molecular complexity index is 738. The molecule has 0 radical (unpaired) electrons. The van der Waals surface area contributed by atoms with Crippen molar-refractivity contribution in [3.63, 3.8) is 0 Å². The third kappa shape index (κ3) is 2.66. The van der Waals surface area contributed by atoms with E-state index in [1.807, 2.05) is 0 Å². The minimum Gasteiger partial charge on any atom is -0.297 e. The summed E-state index contributed by atoms with van der Waals surface area (Å²) in [6.07, 6.45) is 3.01. The van der Waals surface area contributed by atoms with Gasteiger partial charge < -0.3 is 0 Å². The monoisotopic (exact) mass is 338 g/mol. The molecule has 0 saturated carbocycles. The van der Waals surface area contributed by atoms with Gasteiger partial charge in [-0.1, -0.05) is 29.4 Å². The van der Waals surface area contributed by atoms with Gasteiger partial charge in [-0.05, 0) is 18.2 Å². The fraction of sp³-hybridized carbons (Fsp3) is 0.0714. The summed E-state index contributed by atoms with van der Waals surface area (Å²) in [7, 11) is 0. The molecule has 0 unspecified atom stereocenters. The lowest BCUT2D eigenvalue weighted by Crippen LogP contribution is -2.11. The van der Waals surface area contributed by atoms with Crippen LogP contribution in [0.25, 0.3) is 6.08 Å². The van der Waals surface area contributed by atoms with Crippen LogP contribution in [0.15, 0.2) is 34.7 Å². The number of benzene rings is 1. The van der Waals surface area contributed by atoms with Crippen LogP contribution in [0.5, 0.6) is 0 Å². The summed E-state index contributed by atoms with van der Waals surface area (Å²) in [4.78, 5) is 16.8. The van der Waals surface area contributed by atoms with Gasteiger partial charge in [0.2, 0.25) is 0 Å². The second kappa shape index (κ2) is 5.71. The molecule has 3 nitrogen and oxygen atoms in total. The molecular weight excluding hydrogens is 331 g/mol. The van der Waals surface area contributed by atoms with E-state index in [-0.39, 0.29) is 21.4 Å². The van der Waals surface area contributed by atoms with Crippen LogP contribution in [0.3, 0.4) is 0 Å². The molecule has 0 spiro atoms. The molecule has 2 aromatic rings. The van der Waals surface area contributed by atoms with Crippen molar-refractivity contribution in [2.75, 3.05) is 0 Å². The molecule has 1 N–H and O–H groups in total. The van der Waals surface area contributed by atoms with E-state index in [0.717, 1.165) is 11.8 Å². The highest BCUT2D eigenvalue weighted by molar-refractivity contribution is 8.19. The first kappa shape index (κ1) is 14.4. The zero-order valence-electron chi connectivity index (χ0n) is 10.5. The Morgan fingerprint density at radius 3 is 2.90 bits per heavy atom. The van der Waals surface area contributed by atoms with Gasteiger partial charge >= 0.3 is 0 Å². The second-order valence-electron chi connectivity index (χ2n) is 4.28. The molecule has 7 heteroatoms. The van der Waals surface area contributed by atoms with Gasteiger partial charge in [0.1, 0.15) is 16.7 Å². The normalized spacial score (nSPS) is 20.5. The average molecular weight is 339 g/mol. The number of Topliss-reactive ketones (excluding diaryl/α,β-unsaturated/α-hetero) is 1. The molecule has 1 aliphatic rings. The molecular formula is C14H8ClFN2OS2. The summed E-state index contributed by atoms with van der Waals surface area (Å²) in [5.74, 6) is -1.40.